The first-order chi connectivity index (χ1) is 9.61. The molecule has 0 aliphatic rings. The highest BCUT2D eigenvalue weighted by Gasteiger charge is 2.09. The predicted molar refractivity (Wildman–Crippen MR) is 82.4 cm³/mol. The van der Waals surface area contributed by atoms with Gasteiger partial charge in [0.25, 0.3) is 5.91 Å². The molecule has 1 aromatic heterocycles. The number of benzene rings is 2. The van der Waals surface area contributed by atoms with Gasteiger partial charge in [0, 0.05) is 21.6 Å². The molecule has 3 rings (SSSR count). The number of anilines is 1. The number of carbonyl (C=O) groups is 1. The summed E-state index contributed by atoms with van der Waals surface area (Å²) >= 11 is 5.94. The normalized spacial score (nSPS) is 10.7. The Balaban J connectivity index is 1.86. The molecule has 0 atom stereocenters. The first kappa shape index (κ1) is 12.8. The summed E-state index contributed by atoms with van der Waals surface area (Å²) in [5, 5.41) is 4.44. The van der Waals surface area contributed by atoms with Gasteiger partial charge in [-0.3, -0.25) is 4.79 Å². The third kappa shape index (κ3) is 2.53. The number of hydrogen-bond acceptors (Lipinski definition) is 1. The van der Waals surface area contributed by atoms with Crippen molar-refractivity contribution in [1.29, 1.82) is 0 Å². The van der Waals surface area contributed by atoms with E-state index in [-0.39, 0.29) is 5.91 Å². The Kier molecular flexibility index (Phi) is 3.20. The highest BCUT2D eigenvalue weighted by molar-refractivity contribution is 6.31. The second-order valence-electron chi connectivity index (χ2n) is 4.73. The van der Waals surface area contributed by atoms with Gasteiger partial charge < -0.3 is 10.3 Å². The second kappa shape index (κ2) is 5.02. The minimum Gasteiger partial charge on any atom is -0.351 e. The molecule has 1 amide bonds. The number of halogens is 1. The maximum absolute atomic E-state index is 12.2. The van der Waals surface area contributed by atoms with Gasteiger partial charge in [-0.25, -0.2) is 0 Å². The molecule has 3 nitrogen and oxygen atoms in total. The number of fused-ring (bicyclic) bond motifs is 1. The average molecular weight is 285 g/mol. The summed E-state index contributed by atoms with van der Waals surface area (Å²) in [5.74, 6) is -0.166. The third-order valence-electron chi connectivity index (χ3n) is 3.14. The van der Waals surface area contributed by atoms with E-state index in [0.29, 0.717) is 10.7 Å². The summed E-state index contributed by atoms with van der Waals surface area (Å²) in [6, 6.07) is 15.0. The molecule has 0 fully saturated rings. The minimum absolute atomic E-state index is 0.166. The van der Waals surface area contributed by atoms with Gasteiger partial charge in [-0.05, 0) is 43.3 Å². The van der Waals surface area contributed by atoms with Gasteiger partial charge in [-0.1, -0.05) is 29.3 Å². The van der Waals surface area contributed by atoms with Crippen LogP contribution in [-0.4, -0.2) is 10.9 Å². The van der Waals surface area contributed by atoms with Crippen LogP contribution in [0.25, 0.3) is 10.9 Å². The van der Waals surface area contributed by atoms with Crippen molar-refractivity contribution in [2.75, 3.05) is 5.32 Å². The van der Waals surface area contributed by atoms with Crippen LogP contribution in [0.15, 0.2) is 48.5 Å². The van der Waals surface area contributed by atoms with E-state index in [9.17, 15) is 4.79 Å². The Hall–Kier alpha value is -2.26. The van der Waals surface area contributed by atoms with Gasteiger partial charge in [0.2, 0.25) is 0 Å². The van der Waals surface area contributed by atoms with Crippen molar-refractivity contribution in [2.24, 2.45) is 0 Å². The van der Waals surface area contributed by atoms with Crippen LogP contribution in [0.3, 0.4) is 0 Å². The molecule has 3 aromatic rings. The van der Waals surface area contributed by atoms with Crippen LogP contribution >= 0.6 is 11.6 Å². The van der Waals surface area contributed by atoms with Gasteiger partial charge in [0.15, 0.2) is 0 Å². The molecular formula is C16H13ClN2O. The van der Waals surface area contributed by atoms with Crippen molar-refractivity contribution in [2.45, 2.75) is 6.92 Å². The van der Waals surface area contributed by atoms with E-state index >= 15 is 0 Å². The Bertz CT molecular complexity index is 775. The molecule has 20 heavy (non-hydrogen) atoms. The fraction of sp³-hybridized carbons (Fsp3) is 0.0625. The number of rotatable bonds is 2. The fourth-order valence-corrected chi connectivity index (χ4v) is 2.24. The molecule has 0 bridgehead atoms. The molecule has 0 saturated heterocycles. The van der Waals surface area contributed by atoms with E-state index in [2.05, 4.69) is 10.3 Å². The number of carbonyl (C=O) groups excluding carboxylic acids is 1. The Morgan fingerprint density at radius 3 is 2.60 bits per heavy atom. The quantitative estimate of drug-likeness (QED) is 0.720. The average Bonchev–Trinajstić information content (AvgIpc) is 2.84. The van der Waals surface area contributed by atoms with E-state index in [0.717, 1.165) is 22.2 Å². The van der Waals surface area contributed by atoms with Crippen molar-refractivity contribution >= 4 is 34.1 Å². The molecule has 0 aliphatic carbocycles. The maximum atomic E-state index is 12.2. The molecule has 4 heteroatoms. The summed E-state index contributed by atoms with van der Waals surface area (Å²) in [7, 11) is 0. The lowest BCUT2D eigenvalue weighted by Gasteiger charge is -2.03. The molecule has 0 radical (unpaired) electrons. The molecular weight excluding hydrogens is 272 g/mol. The van der Waals surface area contributed by atoms with Crippen LogP contribution in [0.1, 0.15) is 16.1 Å². The number of hydrogen-bond donors (Lipinski definition) is 2. The van der Waals surface area contributed by atoms with Crippen molar-refractivity contribution in [3.63, 3.8) is 0 Å². The van der Waals surface area contributed by atoms with E-state index < -0.39 is 0 Å². The van der Waals surface area contributed by atoms with Crippen LogP contribution in [0.4, 0.5) is 5.69 Å². The highest BCUT2D eigenvalue weighted by Crippen LogP contribution is 2.20. The lowest BCUT2D eigenvalue weighted by molar-refractivity contribution is 0.102. The van der Waals surface area contributed by atoms with Gasteiger partial charge in [-0.2, -0.15) is 0 Å². The van der Waals surface area contributed by atoms with Gasteiger partial charge in [0.05, 0.1) is 0 Å². The molecule has 2 aromatic carbocycles. The topological polar surface area (TPSA) is 44.9 Å². The molecule has 0 spiro atoms. The number of nitrogens with one attached hydrogen (secondary N) is 2. The SMILES string of the molecule is Cc1ccc(NC(=O)c2cc3cc(Cl)ccc3[nH]2)cc1. The summed E-state index contributed by atoms with van der Waals surface area (Å²) in [6.45, 7) is 2.01. The highest BCUT2D eigenvalue weighted by atomic mass is 35.5. The van der Waals surface area contributed by atoms with Crippen LogP contribution in [0, 0.1) is 6.92 Å². The maximum Gasteiger partial charge on any atom is 0.272 e. The smallest absolute Gasteiger partial charge is 0.272 e. The summed E-state index contributed by atoms with van der Waals surface area (Å²) < 4.78 is 0. The number of H-pyrrole nitrogens is 1. The lowest BCUT2D eigenvalue weighted by Crippen LogP contribution is -2.12. The fourth-order valence-electron chi connectivity index (χ4n) is 2.06. The Labute approximate surface area is 121 Å². The third-order valence-corrected chi connectivity index (χ3v) is 3.37. The van der Waals surface area contributed by atoms with Crippen molar-refractivity contribution in [3.05, 3.63) is 64.8 Å². The summed E-state index contributed by atoms with van der Waals surface area (Å²) in [5.41, 5.74) is 3.34. The first-order valence-corrected chi connectivity index (χ1v) is 6.66. The van der Waals surface area contributed by atoms with Crippen LogP contribution < -0.4 is 5.32 Å². The second-order valence-corrected chi connectivity index (χ2v) is 5.17. The molecule has 0 saturated carbocycles. The van der Waals surface area contributed by atoms with Gasteiger partial charge in [-0.15, -0.1) is 0 Å². The zero-order chi connectivity index (χ0) is 14.1. The van der Waals surface area contributed by atoms with Gasteiger partial charge >= 0.3 is 0 Å². The Morgan fingerprint density at radius 2 is 1.85 bits per heavy atom. The van der Waals surface area contributed by atoms with Crippen LogP contribution in [0.2, 0.25) is 5.02 Å². The Morgan fingerprint density at radius 1 is 1.10 bits per heavy atom. The van der Waals surface area contributed by atoms with E-state index in [1.807, 2.05) is 43.3 Å². The van der Waals surface area contributed by atoms with Crippen molar-refractivity contribution < 1.29 is 4.79 Å². The number of aromatic nitrogens is 1. The van der Waals surface area contributed by atoms with Crippen molar-refractivity contribution in [3.8, 4) is 0 Å². The van der Waals surface area contributed by atoms with Crippen LogP contribution in [0.5, 0.6) is 0 Å². The molecule has 0 unspecified atom stereocenters. The lowest BCUT2D eigenvalue weighted by atomic mass is 10.2. The largest absolute Gasteiger partial charge is 0.351 e. The zero-order valence-corrected chi connectivity index (χ0v) is 11.7. The predicted octanol–water partition coefficient (Wildman–Crippen LogP) is 4.38. The van der Waals surface area contributed by atoms with Crippen LogP contribution in [-0.2, 0) is 0 Å². The van der Waals surface area contributed by atoms with Gasteiger partial charge in [0.1, 0.15) is 5.69 Å². The van der Waals surface area contributed by atoms with E-state index in [1.165, 1.54) is 0 Å². The monoisotopic (exact) mass is 284 g/mol. The number of aromatic amines is 1. The molecule has 2 N–H and O–H groups in total. The molecule has 1 heterocycles. The molecule has 100 valence electrons. The summed E-state index contributed by atoms with van der Waals surface area (Å²) in [6.07, 6.45) is 0. The van der Waals surface area contributed by atoms with E-state index in [1.54, 1.807) is 12.1 Å². The standard InChI is InChI=1S/C16H13ClN2O/c1-10-2-5-13(6-3-10)18-16(20)15-9-11-8-12(17)4-7-14(11)19-15/h2-9,19H,1H3,(H,18,20). The zero-order valence-electron chi connectivity index (χ0n) is 10.9. The molecule has 0 aliphatic heterocycles. The summed E-state index contributed by atoms with van der Waals surface area (Å²) in [4.78, 5) is 15.3. The number of amides is 1. The van der Waals surface area contributed by atoms with E-state index in [4.69, 9.17) is 11.6 Å². The number of aryl methyl sites for hydroxylation is 1. The van der Waals surface area contributed by atoms with Crippen molar-refractivity contribution in [1.82, 2.24) is 4.98 Å². The first-order valence-electron chi connectivity index (χ1n) is 6.28. The minimum atomic E-state index is -0.166.